The maximum absolute atomic E-state index is 12.5. The number of fused-ring (bicyclic) bond motifs is 1. The molecule has 2 aromatic rings. The van der Waals surface area contributed by atoms with E-state index in [1.807, 2.05) is 0 Å². The number of hydrogen-bond donors (Lipinski definition) is 1. The SMILES string of the molecule is COCC(=O)Nc1ccc(Cl)c(N2C(=O)c3ccccc3C2=O)c1. The lowest BCUT2D eigenvalue weighted by Gasteiger charge is -2.17. The summed E-state index contributed by atoms with van der Waals surface area (Å²) < 4.78 is 4.75. The van der Waals surface area contributed by atoms with E-state index >= 15 is 0 Å². The molecule has 6 nitrogen and oxygen atoms in total. The van der Waals surface area contributed by atoms with Gasteiger partial charge >= 0.3 is 0 Å². The molecule has 1 N–H and O–H groups in total. The number of rotatable bonds is 4. The van der Waals surface area contributed by atoms with Gasteiger partial charge in [0.25, 0.3) is 11.8 Å². The molecule has 0 spiro atoms. The van der Waals surface area contributed by atoms with Gasteiger partial charge in [0, 0.05) is 12.8 Å². The number of carbonyl (C=O) groups is 3. The average Bonchev–Trinajstić information content (AvgIpc) is 2.82. The molecule has 0 saturated carbocycles. The first kappa shape index (κ1) is 16.2. The fourth-order valence-electron chi connectivity index (χ4n) is 2.50. The molecule has 0 atom stereocenters. The lowest BCUT2D eigenvalue weighted by atomic mass is 10.1. The van der Waals surface area contributed by atoms with Crippen LogP contribution in [0.5, 0.6) is 0 Å². The first-order chi connectivity index (χ1) is 11.5. The van der Waals surface area contributed by atoms with Crippen molar-refractivity contribution in [3.8, 4) is 0 Å². The Labute approximate surface area is 143 Å². The third-order valence-electron chi connectivity index (χ3n) is 3.54. The van der Waals surface area contributed by atoms with E-state index in [9.17, 15) is 14.4 Å². The molecule has 3 rings (SSSR count). The summed E-state index contributed by atoms with van der Waals surface area (Å²) in [5, 5.41) is 2.84. The quantitative estimate of drug-likeness (QED) is 0.865. The highest BCUT2D eigenvalue weighted by Crippen LogP contribution is 2.35. The third-order valence-corrected chi connectivity index (χ3v) is 3.86. The molecule has 1 aliphatic rings. The zero-order chi connectivity index (χ0) is 17.3. The number of benzene rings is 2. The lowest BCUT2D eigenvalue weighted by Crippen LogP contribution is -2.29. The predicted octanol–water partition coefficient (Wildman–Crippen LogP) is 2.73. The first-order valence-corrected chi connectivity index (χ1v) is 7.47. The van der Waals surface area contributed by atoms with Crippen molar-refractivity contribution < 1.29 is 19.1 Å². The molecular formula is C17H13ClN2O4. The van der Waals surface area contributed by atoms with Crippen molar-refractivity contribution in [3.05, 3.63) is 58.6 Å². The van der Waals surface area contributed by atoms with E-state index in [4.69, 9.17) is 16.3 Å². The van der Waals surface area contributed by atoms with E-state index in [2.05, 4.69) is 5.32 Å². The minimum atomic E-state index is -0.446. The van der Waals surface area contributed by atoms with Gasteiger partial charge in [-0.05, 0) is 30.3 Å². The molecule has 2 aromatic carbocycles. The van der Waals surface area contributed by atoms with Crippen molar-refractivity contribution in [1.82, 2.24) is 0 Å². The van der Waals surface area contributed by atoms with Crippen LogP contribution >= 0.6 is 11.6 Å². The normalized spacial score (nSPS) is 13.2. The van der Waals surface area contributed by atoms with Crippen LogP contribution in [0.15, 0.2) is 42.5 Å². The number of hydrogen-bond acceptors (Lipinski definition) is 4. The average molecular weight is 345 g/mol. The van der Waals surface area contributed by atoms with Crippen molar-refractivity contribution in [1.29, 1.82) is 0 Å². The van der Waals surface area contributed by atoms with Gasteiger partial charge in [-0.15, -0.1) is 0 Å². The zero-order valence-corrected chi connectivity index (χ0v) is 13.5. The molecule has 0 aromatic heterocycles. The summed E-state index contributed by atoms with van der Waals surface area (Å²) in [7, 11) is 1.41. The summed E-state index contributed by atoms with van der Waals surface area (Å²) in [5.74, 6) is -1.25. The van der Waals surface area contributed by atoms with Crippen LogP contribution in [-0.2, 0) is 9.53 Å². The van der Waals surface area contributed by atoms with Crippen LogP contribution in [0.2, 0.25) is 5.02 Å². The van der Waals surface area contributed by atoms with E-state index in [1.54, 1.807) is 30.3 Å². The molecule has 7 heteroatoms. The molecule has 0 fully saturated rings. The van der Waals surface area contributed by atoms with Crippen LogP contribution in [0.1, 0.15) is 20.7 Å². The van der Waals surface area contributed by atoms with Gasteiger partial charge in [0.1, 0.15) is 6.61 Å². The molecule has 0 aliphatic carbocycles. The van der Waals surface area contributed by atoms with Gasteiger partial charge in [-0.25, -0.2) is 4.90 Å². The number of ether oxygens (including phenoxy) is 1. The highest BCUT2D eigenvalue weighted by molar-refractivity contribution is 6.40. The van der Waals surface area contributed by atoms with Crippen molar-refractivity contribution in [2.75, 3.05) is 23.9 Å². The van der Waals surface area contributed by atoms with E-state index in [0.29, 0.717) is 16.8 Å². The first-order valence-electron chi connectivity index (χ1n) is 7.09. The summed E-state index contributed by atoms with van der Waals surface area (Å²) in [6.07, 6.45) is 0. The van der Waals surface area contributed by atoms with E-state index < -0.39 is 11.8 Å². The molecule has 1 aliphatic heterocycles. The smallest absolute Gasteiger partial charge is 0.266 e. The largest absolute Gasteiger partial charge is 0.375 e. The predicted molar refractivity (Wildman–Crippen MR) is 89.5 cm³/mol. The highest BCUT2D eigenvalue weighted by atomic mass is 35.5. The van der Waals surface area contributed by atoms with Crippen molar-refractivity contribution in [2.24, 2.45) is 0 Å². The van der Waals surface area contributed by atoms with Gasteiger partial charge in [-0.3, -0.25) is 14.4 Å². The third kappa shape index (κ3) is 2.77. The summed E-state index contributed by atoms with van der Waals surface area (Å²) in [5.41, 5.74) is 1.28. The fourth-order valence-corrected chi connectivity index (χ4v) is 2.70. The molecule has 24 heavy (non-hydrogen) atoms. The molecule has 3 amide bonds. The Morgan fingerprint density at radius 3 is 2.33 bits per heavy atom. The van der Waals surface area contributed by atoms with Crippen LogP contribution in [0, 0.1) is 0 Å². The standard InChI is InChI=1S/C17H13ClN2O4/c1-24-9-15(21)19-10-6-7-13(18)14(8-10)20-16(22)11-4-2-3-5-12(11)17(20)23/h2-8H,9H2,1H3,(H,19,21). The Morgan fingerprint density at radius 2 is 1.75 bits per heavy atom. The number of halogens is 1. The summed E-state index contributed by atoms with van der Waals surface area (Å²) in [4.78, 5) is 37.7. The molecule has 0 saturated heterocycles. The van der Waals surface area contributed by atoms with E-state index in [0.717, 1.165) is 4.90 Å². The molecule has 122 valence electrons. The molecule has 0 bridgehead atoms. The minimum Gasteiger partial charge on any atom is -0.375 e. The zero-order valence-electron chi connectivity index (χ0n) is 12.7. The Hall–Kier alpha value is -2.70. The van der Waals surface area contributed by atoms with Crippen molar-refractivity contribution in [2.45, 2.75) is 0 Å². The van der Waals surface area contributed by atoms with Gasteiger partial charge in [0.05, 0.1) is 21.8 Å². The number of nitrogens with zero attached hydrogens (tertiary/aromatic N) is 1. The van der Waals surface area contributed by atoms with Gasteiger partial charge < -0.3 is 10.1 Å². The second-order valence-corrected chi connectivity index (χ2v) is 5.55. The van der Waals surface area contributed by atoms with Gasteiger partial charge in [-0.1, -0.05) is 23.7 Å². The Bertz CT molecular complexity index is 815. The number of anilines is 2. The van der Waals surface area contributed by atoms with Gasteiger partial charge in [0.15, 0.2) is 0 Å². The second kappa shape index (κ2) is 6.43. The van der Waals surface area contributed by atoms with Crippen LogP contribution in [-0.4, -0.2) is 31.4 Å². The maximum atomic E-state index is 12.5. The Kier molecular flexibility index (Phi) is 4.33. The number of imide groups is 1. The second-order valence-electron chi connectivity index (χ2n) is 5.14. The van der Waals surface area contributed by atoms with E-state index in [-0.39, 0.29) is 23.2 Å². The van der Waals surface area contributed by atoms with Crippen LogP contribution < -0.4 is 10.2 Å². The molecule has 0 unspecified atom stereocenters. The van der Waals surface area contributed by atoms with Crippen LogP contribution in [0.25, 0.3) is 0 Å². The van der Waals surface area contributed by atoms with Crippen LogP contribution in [0.3, 0.4) is 0 Å². The topological polar surface area (TPSA) is 75.7 Å². The fraction of sp³-hybridized carbons (Fsp3) is 0.118. The van der Waals surface area contributed by atoms with E-state index in [1.165, 1.54) is 19.2 Å². The number of amides is 3. The summed E-state index contributed by atoms with van der Waals surface area (Å²) in [6.45, 7) is -0.106. The van der Waals surface area contributed by atoms with Crippen molar-refractivity contribution in [3.63, 3.8) is 0 Å². The maximum Gasteiger partial charge on any atom is 0.266 e. The molecule has 0 radical (unpaired) electrons. The summed E-state index contributed by atoms with van der Waals surface area (Å²) >= 11 is 6.16. The minimum absolute atomic E-state index is 0.106. The number of methoxy groups -OCH3 is 1. The monoisotopic (exact) mass is 344 g/mol. The lowest BCUT2D eigenvalue weighted by molar-refractivity contribution is -0.119. The highest BCUT2D eigenvalue weighted by Gasteiger charge is 2.37. The molecule has 1 heterocycles. The molecular weight excluding hydrogens is 332 g/mol. The Balaban J connectivity index is 1.97. The van der Waals surface area contributed by atoms with Gasteiger partial charge in [0.2, 0.25) is 5.91 Å². The van der Waals surface area contributed by atoms with Crippen LogP contribution in [0.4, 0.5) is 11.4 Å². The number of nitrogens with one attached hydrogen (secondary N) is 1. The van der Waals surface area contributed by atoms with Crippen molar-refractivity contribution >= 4 is 40.7 Å². The Morgan fingerprint density at radius 1 is 1.12 bits per heavy atom. The summed E-state index contributed by atoms with van der Waals surface area (Å²) in [6, 6.07) is 11.1. The van der Waals surface area contributed by atoms with Gasteiger partial charge in [-0.2, -0.15) is 0 Å². The number of carbonyl (C=O) groups excluding carboxylic acids is 3.